The number of anilines is 2. The van der Waals surface area contributed by atoms with Gasteiger partial charge in [-0.05, 0) is 53.4 Å². The summed E-state index contributed by atoms with van der Waals surface area (Å²) in [6, 6.07) is 24.8. The van der Waals surface area contributed by atoms with Gasteiger partial charge in [0.15, 0.2) is 0 Å². The van der Waals surface area contributed by atoms with E-state index in [-0.39, 0.29) is 11.4 Å². The van der Waals surface area contributed by atoms with Gasteiger partial charge in [0.05, 0.1) is 12.7 Å². The number of benzene rings is 3. The number of urea groups is 1. The molecule has 1 aromatic heterocycles. The highest BCUT2D eigenvalue weighted by Gasteiger charge is 2.20. The molecule has 3 aromatic carbocycles. The molecule has 0 spiro atoms. The molecule has 0 aliphatic heterocycles. The number of rotatable bonds is 8. The number of hydrogen-bond donors (Lipinski definition) is 2. The Bertz CT molecular complexity index is 1450. The van der Waals surface area contributed by atoms with Gasteiger partial charge >= 0.3 is 12.0 Å². The minimum absolute atomic E-state index is 0.129. The minimum atomic E-state index is -0.451. The Morgan fingerprint density at radius 3 is 2.38 bits per heavy atom. The number of carbonyl (C=O) groups excluding carboxylic acids is 2. The molecule has 4 aromatic rings. The van der Waals surface area contributed by atoms with Crippen LogP contribution in [0.2, 0.25) is 0 Å². The van der Waals surface area contributed by atoms with Crippen molar-refractivity contribution in [2.75, 3.05) is 17.7 Å². The first-order valence-electron chi connectivity index (χ1n) is 12.4. The van der Waals surface area contributed by atoms with E-state index in [1.807, 2.05) is 24.3 Å². The lowest BCUT2D eigenvalue weighted by atomic mass is 9.86. The van der Waals surface area contributed by atoms with Gasteiger partial charge in [-0.15, -0.1) is 0 Å². The molecule has 8 heteroatoms. The molecule has 1 heterocycles. The van der Waals surface area contributed by atoms with Crippen molar-refractivity contribution in [2.24, 2.45) is 0 Å². The molecule has 0 aliphatic rings. The summed E-state index contributed by atoms with van der Waals surface area (Å²) in [5.74, 6) is 1.16. The second-order valence-electron chi connectivity index (χ2n) is 9.79. The summed E-state index contributed by atoms with van der Waals surface area (Å²) in [4.78, 5) is 28.8. The Kier molecular flexibility index (Phi) is 8.46. The number of aromatic nitrogens is 1. The SMILES string of the molecule is COC(=O)c1ccc(COc2cccc(NC(=O)Nc3cccnc3Oc3ccccc3C(C)(C)C)c2)cc1. The van der Waals surface area contributed by atoms with Crippen LogP contribution in [-0.4, -0.2) is 24.1 Å². The molecule has 0 saturated carbocycles. The maximum Gasteiger partial charge on any atom is 0.337 e. The smallest absolute Gasteiger partial charge is 0.337 e. The van der Waals surface area contributed by atoms with E-state index in [9.17, 15) is 9.59 Å². The molecule has 8 nitrogen and oxygen atoms in total. The quantitative estimate of drug-likeness (QED) is 0.236. The zero-order chi connectivity index (χ0) is 27.8. The molecule has 2 amide bonds. The number of methoxy groups -OCH3 is 1. The van der Waals surface area contributed by atoms with Gasteiger partial charge in [0.1, 0.15) is 23.8 Å². The van der Waals surface area contributed by atoms with Crippen molar-refractivity contribution >= 4 is 23.4 Å². The summed E-state index contributed by atoms with van der Waals surface area (Å²) in [5.41, 5.74) is 3.24. The summed E-state index contributed by atoms with van der Waals surface area (Å²) in [6.45, 7) is 6.62. The van der Waals surface area contributed by atoms with Gasteiger partial charge in [0, 0.05) is 23.5 Å². The molecule has 39 heavy (non-hydrogen) atoms. The van der Waals surface area contributed by atoms with Crippen LogP contribution in [0.5, 0.6) is 17.4 Å². The van der Waals surface area contributed by atoms with Crippen molar-refractivity contribution in [1.82, 2.24) is 4.98 Å². The number of para-hydroxylation sites is 1. The van der Waals surface area contributed by atoms with Crippen LogP contribution < -0.4 is 20.1 Å². The van der Waals surface area contributed by atoms with E-state index in [2.05, 4.69) is 36.4 Å². The topological polar surface area (TPSA) is 98.8 Å². The number of nitrogens with zero attached hydrogens (tertiary/aromatic N) is 1. The van der Waals surface area contributed by atoms with Crippen molar-refractivity contribution in [3.8, 4) is 17.4 Å². The zero-order valence-corrected chi connectivity index (χ0v) is 22.4. The van der Waals surface area contributed by atoms with E-state index in [1.54, 1.807) is 66.9 Å². The lowest BCUT2D eigenvalue weighted by Gasteiger charge is -2.22. The predicted molar refractivity (Wildman–Crippen MR) is 151 cm³/mol. The Morgan fingerprint density at radius 1 is 0.872 bits per heavy atom. The first kappa shape index (κ1) is 27.2. The first-order chi connectivity index (χ1) is 18.7. The Hall–Kier alpha value is -4.85. The minimum Gasteiger partial charge on any atom is -0.489 e. The molecule has 0 bridgehead atoms. The molecule has 0 fully saturated rings. The highest BCUT2D eigenvalue weighted by molar-refractivity contribution is 6.00. The average Bonchev–Trinajstić information content (AvgIpc) is 2.93. The van der Waals surface area contributed by atoms with Gasteiger partial charge < -0.3 is 24.8 Å². The molecule has 2 N–H and O–H groups in total. The number of ether oxygens (including phenoxy) is 3. The standard InChI is InChI=1S/C31H31N3O5/c1-31(2,3)25-11-5-6-13-27(25)39-28-26(12-8-18-32-28)34-30(36)33-23-9-7-10-24(19-23)38-20-21-14-16-22(17-15-21)29(35)37-4/h5-19H,20H2,1-4H3,(H2,33,34,36). The average molecular weight is 526 g/mol. The fourth-order valence-corrected chi connectivity index (χ4v) is 3.82. The van der Waals surface area contributed by atoms with Crippen molar-refractivity contribution < 1.29 is 23.8 Å². The van der Waals surface area contributed by atoms with Crippen LogP contribution in [0.3, 0.4) is 0 Å². The lowest BCUT2D eigenvalue weighted by Crippen LogP contribution is -2.20. The van der Waals surface area contributed by atoms with Gasteiger partial charge in [-0.2, -0.15) is 0 Å². The number of hydrogen-bond acceptors (Lipinski definition) is 6. The highest BCUT2D eigenvalue weighted by Crippen LogP contribution is 2.35. The predicted octanol–water partition coefficient (Wildman–Crippen LogP) is 7.18. The van der Waals surface area contributed by atoms with Crippen LogP contribution in [0.1, 0.15) is 42.3 Å². The van der Waals surface area contributed by atoms with E-state index in [0.717, 1.165) is 11.1 Å². The zero-order valence-electron chi connectivity index (χ0n) is 22.4. The molecular weight excluding hydrogens is 494 g/mol. The van der Waals surface area contributed by atoms with Gasteiger partial charge in [0.25, 0.3) is 0 Å². The second-order valence-corrected chi connectivity index (χ2v) is 9.79. The monoisotopic (exact) mass is 525 g/mol. The molecule has 4 rings (SSSR count). The third kappa shape index (κ3) is 7.35. The van der Waals surface area contributed by atoms with Gasteiger partial charge in [-0.3, -0.25) is 0 Å². The van der Waals surface area contributed by atoms with Gasteiger partial charge in [-0.25, -0.2) is 14.6 Å². The van der Waals surface area contributed by atoms with Crippen molar-refractivity contribution in [3.05, 3.63) is 108 Å². The van der Waals surface area contributed by atoms with E-state index in [0.29, 0.717) is 40.9 Å². The first-order valence-corrected chi connectivity index (χ1v) is 12.4. The summed E-state index contributed by atoms with van der Waals surface area (Å²) >= 11 is 0. The van der Waals surface area contributed by atoms with Crippen molar-refractivity contribution in [3.63, 3.8) is 0 Å². The van der Waals surface area contributed by atoms with Crippen LogP contribution in [0.15, 0.2) is 91.1 Å². The largest absolute Gasteiger partial charge is 0.489 e. The summed E-state index contributed by atoms with van der Waals surface area (Å²) in [5, 5.41) is 5.64. The lowest BCUT2D eigenvalue weighted by molar-refractivity contribution is 0.0600. The fraction of sp³-hybridized carbons (Fsp3) is 0.194. The Morgan fingerprint density at radius 2 is 1.64 bits per heavy atom. The molecule has 0 saturated heterocycles. The van der Waals surface area contributed by atoms with Crippen LogP contribution >= 0.6 is 0 Å². The molecule has 0 atom stereocenters. The summed E-state index contributed by atoms with van der Waals surface area (Å²) in [7, 11) is 1.34. The fourth-order valence-electron chi connectivity index (χ4n) is 3.82. The molecular formula is C31H31N3O5. The van der Waals surface area contributed by atoms with Crippen molar-refractivity contribution in [2.45, 2.75) is 32.8 Å². The third-order valence-corrected chi connectivity index (χ3v) is 5.79. The third-order valence-electron chi connectivity index (χ3n) is 5.79. The number of amides is 2. The maximum atomic E-state index is 12.8. The maximum absolute atomic E-state index is 12.8. The Balaban J connectivity index is 1.39. The van der Waals surface area contributed by atoms with Crippen LogP contribution in [0, 0.1) is 0 Å². The Labute approximate surface area is 228 Å². The summed E-state index contributed by atoms with van der Waals surface area (Å²) < 4.78 is 16.7. The van der Waals surface area contributed by atoms with E-state index in [4.69, 9.17) is 14.2 Å². The number of esters is 1. The molecule has 0 aliphatic carbocycles. The van der Waals surface area contributed by atoms with Crippen LogP contribution in [0.25, 0.3) is 0 Å². The van der Waals surface area contributed by atoms with E-state index in [1.165, 1.54) is 7.11 Å². The number of nitrogens with one attached hydrogen (secondary N) is 2. The highest BCUT2D eigenvalue weighted by atomic mass is 16.5. The molecule has 200 valence electrons. The van der Waals surface area contributed by atoms with Gasteiger partial charge in [0.2, 0.25) is 5.88 Å². The van der Waals surface area contributed by atoms with Crippen LogP contribution in [0.4, 0.5) is 16.2 Å². The van der Waals surface area contributed by atoms with Gasteiger partial charge in [-0.1, -0.05) is 57.2 Å². The van der Waals surface area contributed by atoms with Crippen molar-refractivity contribution in [1.29, 1.82) is 0 Å². The normalized spacial score (nSPS) is 10.9. The number of pyridine rings is 1. The molecule has 0 radical (unpaired) electrons. The molecule has 0 unspecified atom stereocenters. The number of carbonyl (C=O) groups is 2. The van der Waals surface area contributed by atoms with E-state index >= 15 is 0 Å². The van der Waals surface area contributed by atoms with Crippen LogP contribution in [-0.2, 0) is 16.8 Å². The summed E-state index contributed by atoms with van der Waals surface area (Å²) in [6.07, 6.45) is 1.61. The van der Waals surface area contributed by atoms with E-state index < -0.39 is 6.03 Å². The second kappa shape index (κ2) is 12.1.